The van der Waals surface area contributed by atoms with E-state index in [1.807, 2.05) is 24.5 Å². The van der Waals surface area contributed by atoms with Crippen LogP contribution < -0.4 is 5.32 Å². The van der Waals surface area contributed by atoms with E-state index in [0.29, 0.717) is 36.1 Å². The number of hydrogen-bond acceptors (Lipinski definition) is 4. The number of imidazole rings is 1. The predicted molar refractivity (Wildman–Crippen MR) is 114 cm³/mol. The van der Waals surface area contributed by atoms with Crippen LogP contribution in [0.25, 0.3) is 11.0 Å². The first-order valence-corrected chi connectivity index (χ1v) is 11.8. The number of carbonyl (C=O) groups excluding carboxylic acids is 1. The van der Waals surface area contributed by atoms with Gasteiger partial charge in [0.15, 0.2) is 0 Å². The van der Waals surface area contributed by atoms with Crippen LogP contribution in [0.15, 0.2) is 53.7 Å². The van der Waals surface area contributed by atoms with Gasteiger partial charge in [-0.2, -0.15) is 4.31 Å². The lowest BCUT2D eigenvalue weighted by molar-refractivity contribution is 0.0951. The molecule has 2 aliphatic rings. The molecule has 1 saturated carbocycles. The van der Waals surface area contributed by atoms with Gasteiger partial charge < -0.3 is 9.88 Å². The molecule has 7 nitrogen and oxygen atoms in total. The minimum absolute atomic E-state index is 0.174. The number of hydrogen-bond donors (Lipinski definition) is 1. The van der Waals surface area contributed by atoms with E-state index >= 15 is 0 Å². The monoisotopic (exact) mass is 424 g/mol. The Morgan fingerprint density at radius 3 is 2.50 bits per heavy atom. The fourth-order valence-electron chi connectivity index (χ4n) is 3.96. The van der Waals surface area contributed by atoms with Crippen LogP contribution in [0.4, 0.5) is 0 Å². The van der Waals surface area contributed by atoms with Gasteiger partial charge in [0, 0.05) is 31.2 Å². The molecule has 2 heterocycles. The van der Waals surface area contributed by atoms with Crippen molar-refractivity contribution in [1.29, 1.82) is 0 Å². The Bertz CT molecular complexity index is 1190. The van der Waals surface area contributed by atoms with Gasteiger partial charge in [0.2, 0.25) is 10.0 Å². The lowest BCUT2D eigenvalue weighted by atomic mass is 10.1. The highest BCUT2D eigenvalue weighted by Crippen LogP contribution is 2.37. The van der Waals surface area contributed by atoms with Crippen molar-refractivity contribution in [3.63, 3.8) is 0 Å². The van der Waals surface area contributed by atoms with E-state index in [1.54, 1.807) is 24.3 Å². The van der Waals surface area contributed by atoms with E-state index in [2.05, 4.69) is 14.9 Å². The van der Waals surface area contributed by atoms with Crippen LogP contribution in [0.2, 0.25) is 0 Å². The molecule has 1 aromatic heterocycles. The molecule has 0 radical (unpaired) electrons. The van der Waals surface area contributed by atoms with Gasteiger partial charge >= 0.3 is 0 Å². The van der Waals surface area contributed by atoms with Crippen LogP contribution in [0, 0.1) is 0 Å². The summed E-state index contributed by atoms with van der Waals surface area (Å²) in [7, 11) is -3.41. The van der Waals surface area contributed by atoms with Gasteiger partial charge in [0.1, 0.15) is 0 Å². The van der Waals surface area contributed by atoms with Gasteiger partial charge in [-0.25, -0.2) is 13.4 Å². The quantitative estimate of drug-likeness (QED) is 0.659. The Hall–Kier alpha value is -2.71. The zero-order chi connectivity index (χ0) is 20.7. The Kier molecular flexibility index (Phi) is 4.83. The molecule has 1 saturated heterocycles. The van der Waals surface area contributed by atoms with Gasteiger partial charge in [-0.1, -0.05) is 12.1 Å². The first-order chi connectivity index (χ1) is 14.5. The first kappa shape index (κ1) is 19.3. The SMILES string of the molecule is O=C(NCc1ccc(S(=O)(=O)N2CCCC2)cc1)c1ccc2c(c1)ncn2C1CC1. The molecule has 30 heavy (non-hydrogen) atoms. The number of carbonyl (C=O) groups is 1. The highest BCUT2D eigenvalue weighted by molar-refractivity contribution is 7.89. The van der Waals surface area contributed by atoms with E-state index in [1.165, 1.54) is 17.1 Å². The molecule has 2 fully saturated rings. The molecule has 1 N–H and O–H groups in total. The Morgan fingerprint density at radius 1 is 1.07 bits per heavy atom. The zero-order valence-corrected chi connectivity index (χ0v) is 17.4. The van der Waals surface area contributed by atoms with Crippen LogP contribution in [0.5, 0.6) is 0 Å². The highest BCUT2D eigenvalue weighted by Gasteiger charge is 2.27. The lowest BCUT2D eigenvalue weighted by Crippen LogP contribution is -2.28. The topological polar surface area (TPSA) is 84.3 Å². The van der Waals surface area contributed by atoms with Crippen molar-refractivity contribution >= 4 is 27.0 Å². The maximum absolute atomic E-state index is 12.6. The van der Waals surface area contributed by atoms with Crippen molar-refractivity contribution in [1.82, 2.24) is 19.2 Å². The molecule has 0 atom stereocenters. The third-order valence-electron chi connectivity index (χ3n) is 5.86. The van der Waals surface area contributed by atoms with E-state index < -0.39 is 10.0 Å². The normalized spacial score (nSPS) is 17.5. The van der Waals surface area contributed by atoms with Crippen molar-refractivity contribution in [2.24, 2.45) is 0 Å². The molecule has 2 aromatic carbocycles. The summed E-state index contributed by atoms with van der Waals surface area (Å²) in [4.78, 5) is 17.3. The summed E-state index contributed by atoms with van der Waals surface area (Å²) in [6, 6.07) is 12.9. The van der Waals surface area contributed by atoms with Crippen LogP contribution in [0.1, 0.15) is 47.6 Å². The molecule has 8 heteroatoms. The zero-order valence-electron chi connectivity index (χ0n) is 16.6. The molecular formula is C22H24N4O3S. The maximum Gasteiger partial charge on any atom is 0.251 e. The molecule has 3 aromatic rings. The fraction of sp³-hybridized carbons (Fsp3) is 0.364. The molecule has 1 amide bonds. The van der Waals surface area contributed by atoms with Crippen LogP contribution in [-0.4, -0.2) is 41.3 Å². The summed E-state index contributed by atoms with van der Waals surface area (Å²) >= 11 is 0. The lowest BCUT2D eigenvalue weighted by Gasteiger charge is -2.15. The number of sulfonamides is 1. The minimum atomic E-state index is -3.41. The standard InChI is InChI=1S/C22H24N4O3S/c27-22(17-5-10-21-20(13-17)24-15-26(21)18-6-7-18)23-14-16-3-8-19(9-4-16)30(28,29)25-11-1-2-12-25/h3-5,8-10,13,15,18H,1-2,6-7,11-12,14H2,(H,23,27). The second-order valence-electron chi connectivity index (χ2n) is 8.02. The summed E-state index contributed by atoms with van der Waals surface area (Å²) in [5.74, 6) is -0.174. The molecule has 0 unspecified atom stereocenters. The maximum atomic E-state index is 12.6. The van der Waals surface area contributed by atoms with Crippen molar-refractivity contribution in [3.8, 4) is 0 Å². The number of fused-ring (bicyclic) bond motifs is 1. The number of benzene rings is 2. The average Bonchev–Trinajstić information content (AvgIpc) is 3.27. The molecule has 1 aliphatic carbocycles. The van der Waals surface area contributed by atoms with Crippen LogP contribution in [-0.2, 0) is 16.6 Å². The van der Waals surface area contributed by atoms with Gasteiger partial charge in [-0.3, -0.25) is 4.79 Å². The Labute approximate surface area is 175 Å². The molecule has 156 valence electrons. The van der Waals surface area contributed by atoms with Crippen LogP contribution in [0.3, 0.4) is 0 Å². The molecular weight excluding hydrogens is 400 g/mol. The number of aromatic nitrogens is 2. The predicted octanol–water partition coefficient (Wildman–Crippen LogP) is 3.09. The third-order valence-corrected chi connectivity index (χ3v) is 7.77. The van der Waals surface area contributed by atoms with E-state index in [4.69, 9.17) is 0 Å². The van der Waals surface area contributed by atoms with Crippen LogP contribution >= 0.6 is 0 Å². The number of rotatable bonds is 6. The summed E-state index contributed by atoms with van der Waals surface area (Å²) in [5, 5.41) is 2.90. The largest absolute Gasteiger partial charge is 0.348 e. The fourth-order valence-corrected chi connectivity index (χ4v) is 5.48. The number of amides is 1. The average molecular weight is 425 g/mol. The molecule has 1 aliphatic heterocycles. The van der Waals surface area contributed by atoms with Crippen molar-refractivity contribution in [2.45, 2.75) is 43.2 Å². The number of nitrogens with zero attached hydrogens (tertiary/aromatic N) is 3. The van der Waals surface area contributed by atoms with Crippen molar-refractivity contribution in [3.05, 3.63) is 59.9 Å². The highest BCUT2D eigenvalue weighted by atomic mass is 32.2. The van der Waals surface area contributed by atoms with E-state index in [0.717, 1.165) is 29.4 Å². The van der Waals surface area contributed by atoms with Gasteiger partial charge in [0.05, 0.1) is 22.3 Å². The van der Waals surface area contributed by atoms with E-state index in [-0.39, 0.29) is 5.91 Å². The first-order valence-electron chi connectivity index (χ1n) is 10.4. The summed E-state index contributed by atoms with van der Waals surface area (Å²) < 4.78 is 28.9. The van der Waals surface area contributed by atoms with Gasteiger partial charge in [-0.15, -0.1) is 0 Å². The van der Waals surface area contributed by atoms with E-state index in [9.17, 15) is 13.2 Å². The summed E-state index contributed by atoms with van der Waals surface area (Å²) in [6.07, 6.45) is 6.05. The Morgan fingerprint density at radius 2 is 1.80 bits per heavy atom. The van der Waals surface area contributed by atoms with Crippen molar-refractivity contribution < 1.29 is 13.2 Å². The second-order valence-corrected chi connectivity index (χ2v) is 9.96. The van der Waals surface area contributed by atoms with Gasteiger partial charge in [-0.05, 0) is 61.6 Å². The molecule has 5 rings (SSSR count). The Balaban J connectivity index is 1.24. The second kappa shape index (κ2) is 7.52. The smallest absolute Gasteiger partial charge is 0.251 e. The van der Waals surface area contributed by atoms with Crippen molar-refractivity contribution in [2.75, 3.05) is 13.1 Å². The molecule has 0 spiro atoms. The molecule has 0 bridgehead atoms. The summed E-state index contributed by atoms with van der Waals surface area (Å²) in [6.45, 7) is 1.50. The summed E-state index contributed by atoms with van der Waals surface area (Å²) in [5.41, 5.74) is 3.30. The minimum Gasteiger partial charge on any atom is -0.348 e. The number of nitrogens with one attached hydrogen (secondary N) is 1. The third kappa shape index (κ3) is 3.61. The van der Waals surface area contributed by atoms with Gasteiger partial charge in [0.25, 0.3) is 5.91 Å².